The molecule has 0 bridgehead atoms. The zero-order valence-electron chi connectivity index (χ0n) is 10.3. The minimum absolute atomic E-state index is 0.0121. The summed E-state index contributed by atoms with van der Waals surface area (Å²) in [6.07, 6.45) is 3.76. The molecule has 2 atom stereocenters. The van der Waals surface area contributed by atoms with Gasteiger partial charge in [-0.1, -0.05) is 19.9 Å². The van der Waals surface area contributed by atoms with E-state index in [-0.39, 0.29) is 17.1 Å². The van der Waals surface area contributed by atoms with Crippen LogP contribution in [0.4, 0.5) is 0 Å². The normalized spacial score (nSPS) is 28.6. The number of hydrogen-bond acceptors (Lipinski definition) is 3. The number of ether oxygens (including phenoxy) is 1. The molecular weight excluding hydrogens is 204 g/mol. The highest BCUT2D eigenvalue weighted by atomic mass is 16.5. The van der Waals surface area contributed by atoms with E-state index in [1.54, 1.807) is 6.08 Å². The zero-order valence-corrected chi connectivity index (χ0v) is 10.3. The summed E-state index contributed by atoms with van der Waals surface area (Å²) in [5.74, 6) is -0.979. The molecule has 0 aromatic rings. The number of methoxy groups -OCH3 is 1. The summed E-state index contributed by atoms with van der Waals surface area (Å²) >= 11 is 0. The van der Waals surface area contributed by atoms with Crippen LogP contribution in [-0.4, -0.2) is 18.9 Å². The van der Waals surface area contributed by atoms with Gasteiger partial charge in [0.15, 0.2) is 0 Å². The summed E-state index contributed by atoms with van der Waals surface area (Å²) in [7, 11) is 1.34. The van der Waals surface area contributed by atoms with Crippen LogP contribution < -0.4 is 0 Å². The van der Waals surface area contributed by atoms with Crippen LogP contribution in [0.5, 0.6) is 0 Å². The molecule has 1 aliphatic rings. The quantitative estimate of drug-likeness (QED) is 0.420. The van der Waals surface area contributed by atoms with Crippen molar-refractivity contribution in [3.05, 3.63) is 12.7 Å². The summed E-state index contributed by atoms with van der Waals surface area (Å²) in [6.45, 7) is 7.90. The van der Waals surface area contributed by atoms with Gasteiger partial charge in [0, 0.05) is 6.42 Å². The van der Waals surface area contributed by atoms with Gasteiger partial charge in [0.05, 0.1) is 7.11 Å². The Hall–Kier alpha value is -1.12. The van der Waals surface area contributed by atoms with E-state index in [2.05, 4.69) is 20.4 Å². The molecular formula is C13H20O3. The summed E-state index contributed by atoms with van der Waals surface area (Å²) in [4.78, 5) is 23.5. The van der Waals surface area contributed by atoms with Crippen LogP contribution in [0.25, 0.3) is 0 Å². The lowest BCUT2D eigenvalue weighted by molar-refractivity contribution is -0.156. The van der Waals surface area contributed by atoms with Crippen molar-refractivity contribution in [2.24, 2.45) is 17.3 Å². The van der Waals surface area contributed by atoms with E-state index >= 15 is 0 Å². The van der Waals surface area contributed by atoms with Crippen LogP contribution in [0, 0.1) is 17.3 Å². The molecule has 0 radical (unpaired) electrons. The average molecular weight is 224 g/mol. The second-order valence-corrected chi connectivity index (χ2v) is 5.09. The maximum atomic E-state index is 11.8. The summed E-state index contributed by atoms with van der Waals surface area (Å²) in [5, 5.41) is 0. The Morgan fingerprint density at radius 3 is 2.75 bits per heavy atom. The molecule has 0 heterocycles. The second-order valence-electron chi connectivity index (χ2n) is 5.09. The SMILES string of the molecule is C=CC[C@@H]1C(C(=O)OC)C(=O)CCC1(C)C. The molecule has 0 aromatic heterocycles. The Morgan fingerprint density at radius 1 is 1.62 bits per heavy atom. The lowest BCUT2D eigenvalue weighted by atomic mass is 9.62. The van der Waals surface area contributed by atoms with Crippen LogP contribution in [-0.2, 0) is 14.3 Å². The van der Waals surface area contributed by atoms with Gasteiger partial charge < -0.3 is 4.74 Å². The maximum absolute atomic E-state index is 11.8. The average Bonchev–Trinajstić information content (AvgIpc) is 2.24. The lowest BCUT2D eigenvalue weighted by Gasteiger charge is -2.41. The van der Waals surface area contributed by atoms with Crippen molar-refractivity contribution < 1.29 is 14.3 Å². The van der Waals surface area contributed by atoms with E-state index in [4.69, 9.17) is 4.74 Å². The van der Waals surface area contributed by atoms with Crippen molar-refractivity contribution in [3.8, 4) is 0 Å². The van der Waals surface area contributed by atoms with Gasteiger partial charge in [-0.25, -0.2) is 0 Å². The van der Waals surface area contributed by atoms with Crippen LogP contribution in [0.3, 0.4) is 0 Å². The molecule has 1 rings (SSSR count). The van der Waals surface area contributed by atoms with Gasteiger partial charge in [-0.2, -0.15) is 0 Å². The molecule has 1 fully saturated rings. The minimum Gasteiger partial charge on any atom is -0.468 e. The molecule has 1 saturated carbocycles. The van der Waals surface area contributed by atoms with Gasteiger partial charge >= 0.3 is 5.97 Å². The van der Waals surface area contributed by atoms with Gasteiger partial charge in [0.1, 0.15) is 11.7 Å². The van der Waals surface area contributed by atoms with Gasteiger partial charge in [0.2, 0.25) is 0 Å². The van der Waals surface area contributed by atoms with Crippen molar-refractivity contribution in [2.45, 2.75) is 33.1 Å². The van der Waals surface area contributed by atoms with Gasteiger partial charge in [-0.15, -0.1) is 6.58 Å². The smallest absolute Gasteiger partial charge is 0.316 e. The third-order valence-corrected chi connectivity index (χ3v) is 3.64. The fraction of sp³-hybridized carbons (Fsp3) is 0.692. The number of ketones is 1. The first-order chi connectivity index (χ1) is 7.44. The molecule has 0 aromatic carbocycles. The Morgan fingerprint density at radius 2 is 2.25 bits per heavy atom. The van der Waals surface area contributed by atoms with E-state index in [9.17, 15) is 9.59 Å². The Balaban J connectivity index is 3.01. The first-order valence-electron chi connectivity index (χ1n) is 5.65. The molecule has 0 amide bonds. The highest BCUT2D eigenvalue weighted by molar-refractivity contribution is 6.00. The fourth-order valence-corrected chi connectivity index (χ4v) is 2.52. The van der Waals surface area contributed by atoms with E-state index in [0.29, 0.717) is 12.8 Å². The first kappa shape index (κ1) is 12.9. The molecule has 16 heavy (non-hydrogen) atoms. The van der Waals surface area contributed by atoms with Gasteiger partial charge in [-0.3, -0.25) is 9.59 Å². The van der Waals surface area contributed by atoms with Crippen LogP contribution >= 0.6 is 0 Å². The number of rotatable bonds is 3. The molecule has 90 valence electrons. The van der Waals surface area contributed by atoms with Crippen molar-refractivity contribution >= 4 is 11.8 Å². The molecule has 1 aliphatic carbocycles. The molecule has 3 heteroatoms. The highest BCUT2D eigenvalue weighted by Crippen LogP contribution is 2.44. The van der Waals surface area contributed by atoms with Gasteiger partial charge in [0.25, 0.3) is 0 Å². The molecule has 1 unspecified atom stereocenters. The van der Waals surface area contributed by atoms with Crippen molar-refractivity contribution in [1.29, 1.82) is 0 Å². The van der Waals surface area contributed by atoms with Crippen molar-refractivity contribution in [1.82, 2.24) is 0 Å². The molecule has 0 spiro atoms. The molecule has 0 aliphatic heterocycles. The van der Waals surface area contributed by atoms with E-state index in [1.165, 1.54) is 7.11 Å². The number of hydrogen-bond donors (Lipinski definition) is 0. The summed E-state index contributed by atoms with van der Waals surface area (Å²) < 4.78 is 4.74. The highest BCUT2D eigenvalue weighted by Gasteiger charge is 2.46. The number of esters is 1. The number of carbonyl (C=O) groups excluding carboxylic acids is 2. The standard InChI is InChI=1S/C13H20O3/c1-5-6-9-11(12(15)16-4)10(14)7-8-13(9,2)3/h5,9,11H,1,6-8H2,2-4H3/t9-,11?/m1/s1. The molecule has 0 N–H and O–H groups in total. The van der Waals surface area contributed by atoms with E-state index < -0.39 is 11.9 Å². The predicted molar refractivity (Wildman–Crippen MR) is 61.8 cm³/mol. The lowest BCUT2D eigenvalue weighted by Crippen LogP contribution is -2.44. The van der Waals surface area contributed by atoms with E-state index in [1.807, 2.05) is 0 Å². The van der Waals surface area contributed by atoms with E-state index in [0.717, 1.165) is 6.42 Å². The van der Waals surface area contributed by atoms with Gasteiger partial charge in [-0.05, 0) is 24.2 Å². The number of allylic oxidation sites excluding steroid dienone is 1. The predicted octanol–water partition coefficient (Wildman–Crippen LogP) is 2.36. The third-order valence-electron chi connectivity index (χ3n) is 3.64. The first-order valence-corrected chi connectivity index (χ1v) is 5.65. The van der Waals surface area contributed by atoms with Crippen LogP contribution in [0.2, 0.25) is 0 Å². The molecule has 3 nitrogen and oxygen atoms in total. The zero-order chi connectivity index (χ0) is 12.3. The Kier molecular flexibility index (Phi) is 3.89. The minimum atomic E-state index is -0.605. The van der Waals surface area contributed by atoms with Crippen molar-refractivity contribution in [2.75, 3.05) is 7.11 Å². The monoisotopic (exact) mass is 224 g/mol. The summed E-state index contributed by atoms with van der Waals surface area (Å²) in [5.41, 5.74) is -0.0129. The maximum Gasteiger partial charge on any atom is 0.316 e. The summed E-state index contributed by atoms with van der Waals surface area (Å²) in [6, 6.07) is 0. The fourth-order valence-electron chi connectivity index (χ4n) is 2.52. The number of Topliss-reactive ketones (excluding diaryl/α,β-unsaturated/α-hetero) is 1. The van der Waals surface area contributed by atoms with Crippen LogP contribution in [0.1, 0.15) is 33.1 Å². The Bertz CT molecular complexity index is 296. The largest absolute Gasteiger partial charge is 0.468 e. The Labute approximate surface area is 96.9 Å². The van der Waals surface area contributed by atoms with Crippen LogP contribution in [0.15, 0.2) is 12.7 Å². The second kappa shape index (κ2) is 4.81. The third kappa shape index (κ3) is 2.34. The van der Waals surface area contributed by atoms with Crippen molar-refractivity contribution in [3.63, 3.8) is 0 Å². The molecule has 0 saturated heterocycles. The number of carbonyl (C=O) groups is 2. The topological polar surface area (TPSA) is 43.4 Å².